The van der Waals surface area contributed by atoms with Crippen LogP contribution in [0.15, 0.2) is 162 Å². The fourth-order valence-electron chi connectivity index (χ4n) is 4.88. The average molecular weight is 541 g/mol. The Morgan fingerprint density at radius 3 is 1.41 bits per heavy atom. The molecule has 0 aromatic heterocycles. The van der Waals surface area contributed by atoms with E-state index in [0.29, 0.717) is 16.8 Å². The van der Waals surface area contributed by atoms with Crippen LogP contribution in [0.2, 0.25) is 0 Å². The van der Waals surface area contributed by atoms with Gasteiger partial charge >= 0.3 is 0 Å². The molecule has 0 bridgehead atoms. The molecule has 0 radical (unpaired) electrons. The molecule has 3 nitrogen and oxygen atoms in total. The van der Waals surface area contributed by atoms with Crippen LogP contribution in [0.1, 0.15) is 5.56 Å². The van der Waals surface area contributed by atoms with Gasteiger partial charge in [0, 0.05) is 5.56 Å². The smallest absolute Gasteiger partial charge is 0.233 e. The summed E-state index contributed by atoms with van der Waals surface area (Å²) in [5.41, 5.74) is 1.64. The van der Waals surface area contributed by atoms with E-state index in [9.17, 15) is 0 Å². The summed E-state index contributed by atoms with van der Waals surface area (Å²) in [4.78, 5) is 10.5. The highest BCUT2D eigenvalue weighted by atomic mass is 32.1. The third-order valence-corrected chi connectivity index (χ3v) is 11.3. The summed E-state index contributed by atoms with van der Waals surface area (Å²) in [7, 11) is 0. The summed E-state index contributed by atoms with van der Waals surface area (Å²) in [6.07, 6.45) is 0. The molecule has 1 aliphatic heterocycles. The molecule has 0 aliphatic carbocycles. The van der Waals surface area contributed by atoms with Crippen LogP contribution in [0.5, 0.6) is 0 Å². The SMILES string of the molecule is S=C1N=C(c2ccccc2)OC(=Nc2ccccc2)C1=P(c1ccccc1)(c1ccccc1)c1ccccc1. The molecule has 0 unspecified atom stereocenters. The standard InChI is InChI=1S/C34H25N2OPS/c39-34-31(33(35-27-18-8-2-9-19-27)37-32(36-34)26-16-6-1-7-17-26)38(28-20-10-3-11-21-28,29-22-12-4-13-23-29)30-24-14-5-15-25-30/h1-25H. The summed E-state index contributed by atoms with van der Waals surface area (Å²) in [5.74, 6) is 0.927. The second-order valence-electron chi connectivity index (χ2n) is 8.97. The monoisotopic (exact) mass is 540 g/mol. The van der Waals surface area contributed by atoms with Gasteiger partial charge in [-0.15, -0.1) is 0 Å². The fraction of sp³-hybridized carbons (Fsp3) is 0. The lowest BCUT2D eigenvalue weighted by Gasteiger charge is -2.34. The number of aliphatic imine (C=N–C) groups is 2. The van der Waals surface area contributed by atoms with Crippen molar-refractivity contribution in [1.29, 1.82) is 0 Å². The minimum atomic E-state index is -2.58. The van der Waals surface area contributed by atoms with Crippen molar-refractivity contribution in [3.05, 3.63) is 157 Å². The van der Waals surface area contributed by atoms with E-state index in [-0.39, 0.29) is 0 Å². The molecular formula is C34H25N2OPS. The summed E-state index contributed by atoms with van der Waals surface area (Å²) < 4.78 is 6.63. The number of rotatable bonds is 5. The van der Waals surface area contributed by atoms with Gasteiger partial charge in [-0.25, -0.2) is 9.98 Å². The largest absolute Gasteiger partial charge is 0.419 e. The van der Waals surface area contributed by atoms with E-state index in [4.69, 9.17) is 26.9 Å². The lowest BCUT2D eigenvalue weighted by atomic mass is 10.2. The van der Waals surface area contributed by atoms with Crippen molar-refractivity contribution in [1.82, 2.24) is 0 Å². The zero-order chi connectivity index (χ0) is 26.5. The molecule has 188 valence electrons. The van der Waals surface area contributed by atoms with Crippen molar-refractivity contribution >= 4 is 62.8 Å². The van der Waals surface area contributed by atoms with Crippen LogP contribution in [-0.4, -0.2) is 22.1 Å². The van der Waals surface area contributed by atoms with E-state index in [0.717, 1.165) is 32.5 Å². The Balaban J connectivity index is 1.79. The number of ether oxygens (including phenoxy) is 1. The number of hydrogen-bond donors (Lipinski definition) is 0. The number of benzene rings is 5. The quantitative estimate of drug-likeness (QED) is 0.184. The first-order valence-electron chi connectivity index (χ1n) is 12.7. The molecule has 0 N–H and O–H groups in total. The van der Waals surface area contributed by atoms with Crippen molar-refractivity contribution in [2.45, 2.75) is 0 Å². The molecule has 5 aromatic rings. The Kier molecular flexibility index (Phi) is 7.14. The van der Waals surface area contributed by atoms with Gasteiger partial charge in [-0.2, -0.15) is 0 Å². The Morgan fingerprint density at radius 2 is 0.949 bits per heavy atom. The highest BCUT2D eigenvalue weighted by molar-refractivity contribution is 8.00. The molecule has 1 heterocycles. The Hall–Kier alpha value is -4.37. The predicted molar refractivity (Wildman–Crippen MR) is 170 cm³/mol. The first-order valence-corrected chi connectivity index (χ1v) is 14.9. The van der Waals surface area contributed by atoms with Crippen molar-refractivity contribution < 1.29 is 4.74 Å². The van der Waals surface area contributed by atoms with Crippen LogP contribution in [0.4, 0.5) is 5.69 Å². The Morgan fingerprint density at radius 1 is 0.538 bits per heavy atom. The molecule has 0 amide bonds. The van der Waals surface area contributed by atoms with Crippen LogP contribution in [0.25, 0.3) is 0 Å². The molecule has 1 aliphatic rings. The van der Waals surface area contributed by atoms with Crippen molar-refractivity contribution in [3.63, 3.8) is 0 Å². The molecule has 0 saturated heterocycles. The van der Waals surface area contributed by atoms with Crippen LogP contribution in [0.3, 0.4) is 0 Å². The van der Waals surface area contributed by atoms with E-state index in [1.165, 1.54) is 0 Å². The minimum absolute atomic E-state index is 0.450. The summed E-state index contributed by atoms with van der Waals surface area (Å²) in [6, 6.07) is 51.4. The van der Waals surface area contributed by atoms with Crippen LogP contribution >= 0.6 is 19.1 Å². The molecule has 0 saturated carbocycles. The highest BCUT2D eigenvalue weighted by Crippen LogP contribution is 2.47. The van der Waals surface area contributed by atoms with Gasteiger partial charge in [-0.3, -0.25) is 0 Å². The number of nitrogens with zero attached hydrogens (tertiary/aromatic N) is 2. The molecule has 0 fully saturated rings. The third-order valence-electron chi connectivity index (χ3n) is 6.58. The van der Waals surface area contributed by atoms with Gasteiger partial charge in [0.2, 0.25) is 11.8 Å². The van der Waals surface area contributed by atoms with E-state index < -0.39 is 6.89 Å². The van der Waals surface area contributed by atoms with Crippen LogP contribution in [0, 0.1) is 0 Å². The van der Waals surface area contributed by atoms with Crippen LogP contribution < -0.4 is 15.9 Å². The Bertz CT molecular complexity index is 1610. The second-order valence-corrected chi connectivity index (χ2v) is 12.7. The summed E-state index contributed by atoms with van der Waals surface area (Å²) >= 11 is 6.19. The molecule has 5 heteroatoms. The molecule has 0 atom stereocenters. The molecular weight excluding hydrogens is 515 g/mol. The fourth-order valence-corrected chi connectivity index (χ4v) is 9.70. The maximum atomic E-state index is 6.63. The first kappa shape index (κ1) is 24.9. The van der Waals surface area contributed by atoms with Gasteiger partial charge in [-0.05, 0) is 47.1 Å². The zero-order valence-corrected chi connectivity index (χ0v) is 22.8. The summed E-state index contributed by atoms with van der Waals surface area (Å²) in [6.45, 7) is -2.58. The maximum Gasteiger partial charge on any atom is 0.233 e. The van der Waals surface area contributed by atoms with E-state index in [2.05, 4.69) is 72.8 Å². The average Bonchev–Trinajstić information content (AvgIpc) is 3.01. The van der Waals surface area contributed by atoms with Gasteiger partial charge in [0.1, 0.15) is 4.99 Å². The van der Waals surface area contributed by atoms with E-state index >= 15 is 0 Å². The van der Waals surface area contributed by atoms with Gasteiger partial charge in [0.05, 0.1) is 11.0 Å². The van der Waals surface area contributed by atoms with Crippen LogP contribution in [-0.2, 0) is 4.74 Å². The molecule has 5 aromatic carbocycles. The lowest BCUT2D eigenvalue weighted by Crippen LogP contribution is -2.41. The van der Waals surface area contributed by atoms with Crippen molar-refractivity contribution in [3.8, 4) is 0 Å². The van der Waals surface area contributed by atoms with Crippen molar-refractivity contribution in [2.24, 2.45) is 9.98 Å². The Labute approximate surface area is 234 Å². The predicted octanol–water partition coefficient (Wildman–Crippen LogP) is 6.69. The zero-order valence-electron chi connectivity index (χ0n) is 21.1. The normalized spacial score (nSPS) is 14.6. The van der Waals surface area contributed by atoms with Gasteiger partial charge in [0.25, 0.3) is 0 Å². The van der Waals surface area contributed by atoms with E-state index in [1.54, 1.807) is 0 Å². The molecule has 39 heavy (non-hydrogen) atoms. The molecule has 0 spiro atoms. The first-order chi connectivity index (χ1) is 19.3. The lowest BCUT2D eigenvalue weighted by molar-refractivity contribution is 0.557. The topological polar surface area (TPSA) is 34.0 Å². The second kappa shape index (κ2) is 11.2. The van der Waals surface area contributed by atoms with Gasteiger partial charge < -0.3 is 4.74 Å². The van der Waals surface area contributed by atoms with E-state index in [1.807, 2.05) is 78.9 Å². The third kappa shape index (κ3) is 4.81. The van der Waals surface area contributed by atoms with Crippen molar-refractivity contribution in [2.75, 3.05) is 0 Å². The number of hydrogen-bond acceptors (Lipinski definition) is 3. The van der Waals surface area contributed by atoms with Gasteiger partial charge in [0.15, 0.2) is 0 Å². The molecule has 6 rings (SSSR count). The maximum absolute atomic E-state index is 6.63. The van der Waals surface area contributed by atoms with Gasteiger partial charge in [-0.1, -0.05) is 140 Å². The number of para-hydroxylation sites is 1. The highest BCUT2D eigenvalue weighted by Gasteiger charge is 2.38. The summed E-state index contributed by atoms with van der Waals surface area (Å²) in [5, 5.41) is 4.30. The number of thiocarbonyl (C=S) groups is 1. The minimum Gasteiger partial charge on any atom is -0.419 e.